The minimum atomic E-state index is -0.456. The summed E-state index contributed by atoms with van der Waals surface area (Å²) in [6.07, 6.45) is 7.30. The Morgan fingerprint density at radius 2 is 2.11 bits per heavy atom. The van der Waals surface area contributed by atoms with Crippen molar-refractivity contribution in [1.82, 2.24) is 9.97 Å². The summed E-state index contributed by atoms with van der Waals surface area (Å²) in [6.45, 7) is 3.98. The topological polar surface area (TPSA) is 93.0 Å². The van der Waals surface area contributed by atoms with Gasteiger partial charge in [0.25, 0.3) is 0 Å². The molecule has 0 unspecified atom stereocenters. The van der Waals surface area contributed by atoms with Crippen molar-refractivity contribution in [1.29, 1.82) is 0 Å². The van der Waals surface area contributed by atoms with Gasteiger partial charge in [-0.15, -0.1) is 6.58 Å². The Balaban J connectivity index is 2.24. The summed E-state index contributed by atoms with van der Waals surface area (Å²) >= 11 is 0. The Bertz CT molecular complexity index is 471. The maximum absolute atomic E-state index is 11.2. The quantitative estimate of drug-likeness (QED) is 0.465. The van der Waals surface area contributed by atoms with E-state index in [1.54, 1.807) is 6.08 Å². The van der Waals surface area contributed by atoms with Crippen molar-refractivity contribution < 1.29 is 4.92 Å². The van der Waals surface area contributed by atoms with Crippen LogP contribution in [0.1, 0.15) is 25.7 Å². The zero-order valence-corrected chi connectivity index (χ0v) is 10.6. The highest BCUT2D eigenvalue weighted by Crippen LogP contribution is 2.31. The predicted octanol–water partition coefficient (Wildman–Crippen LogP) is 2.34. The third-order valence-electron chi connectivity index (χ3n) is 3.11. The average Bonchev–Trinajstić information content (AvgIpc) is 2.89. The minimum absolute atomic E-state index is 0.101. The highest BCUT2D eigenvalue weighted by atomic mass is 16.6. The molecule has 19 heavy (non-hydrogen) atoms. The van der Waals surface area contributed by atoms with Crippen LogP contribution in [0.25, 0.3) is 0 Å². The molecule has 0 spiro atoms. The molecule has 1 aliphatic rings. The van der Waals surface area contributed by atoms with E-state index in [4.69, 9.17) is 0 Å². The van der Waals surface area contributed by atoms with Gasteiger partial charge in [-0.3, -0.25) is 10.1 Å². The predicted molar refractivity (Wildman–Crippen MR) is 73.3 cm³/mol. The number of aromatic nitrogens is 2. The second-order valence-electron chi connectivity index (χ2n) is 4.47. The molecule has 2 rings (SSSR count). The molecule has 0 saturated heterocycles. The van der Waals surface area contributed by atoms with E-state index >= 15 is 0 Å². The molecule has 102 valence electrons. The molecule has 0 aromatic carbocycles. The van der Waals surface area contributed by atoms with E-state index in [1.807, 2.05) is 0 Å². The summed E-state index contributed by atoms with van der Waals surface area (Å²) in [4.78, 5) is 18.7. The molecule has 0 atom stereocenters. The Morgan fingerprint density at radius 3 is 2.74 bits per heavy atom. The highest BCUT2D eigenvalue weighted by Gasteiger charge is 2.25. The number of rotatable bonds is 6. The molecule has 1 heterocycles. The lowest BCUT2D eigenvalue weighted by Gasteiger charge is -2.13. The van der Waals surface area contributed by atoms with Gasteiger partial charge >= 0.3 is 5.69 Å². The SMILES string of the molecule is C=CCNc1ncnc(NC2CCCC2)c1[N+](=O)[O-]. The van der Waals surface area contributed by atoms with Crippen LogP contribution in [0.4, 0.5) is 17.3 Å². The molecular formula is C12H17N5O2. The number of hydrogen-bond acceptors (Lipinski definition) is 6. The number of nitro groups is 1. The first-order valence-electron chi connectivity index (χ1n) is 6.33. The van der Waals surface area contributed by atoms with Crippen LogP contribution in [0.5, 0.6) is 0 Å². The van der Waals surface area contributed by atoms with Crippen molar-refractivity contribution in [3.8, 4) is 0 Å². The zero-order chi connectivity index (χ0) is 13.7. The van der Waals surface area contributed by atoms with Gasteiger partial charge in [-0.25, -0.2) is 9.97 Å². The number of nitrogens with one attached hydrogen (secondary N) is 2. The molecule has 0 radical (unpaired) electrons. The molecule has 1 saturated carbocycles. The van der Waals surface area contributed by atoms with Crippen LogP contribution in [0.15, 0.2) is 19.0 Å². The van der Waals surface area contributed by atoms with Crippen LogP contribution in [0, 0.1) is 10.1 Å². The molecule has 0 bridgehead atoms. The number of nitrogens with zero attached hydrogens (tertiary/aromatic N) is 3. The second-order valence-corrected chi connectivity index (χ2v) is 4.47. The molecule has 1 aliphatic carbocycles. The van der Waals surface area contributed by atoms with Gasteiger partial charge in [0.15, 0.2) is 0 Å². The van der Waals surface area contributed by atoms with Gasteiger partial charge in [0.1, 0.15) is 6.33 Å². The second kappa shape index (κ2) is 6.12. The molecule has 1 aromatic heterocycles. The van der Waals surface area contributed by atoms with Gasteiger partial charge in [0.05, 0.1) is 4.92 Å². The molecule has 7 nitrogen and oxygen atoms in total. The van der Waals surface area contributed by atoms with Gasteiger partial charge in [-0.2, -0.15) is 0 Å². The van der Waals surface area contributed by atoms with Crippen molar-refractivity contribution >= 4 is 17.3 Å². The van der Waals surface area contributed by atoms with E-state index in [0.717, 1.165) is 25.7 Å². The summed E-state index contributed by atoms with van der Waals surface area (Å²) < 4.78 is 0. The Kier molecular flexibility index (Phi) is 4.27. The van der Waals surface area contributed by atoms with Crippen LogP contribution >= 0.6 is 0 Å². The summed E-state index contributed by atoms with van der Waals surface area (Å²) in [6, 6.07) is 0.265. The third kappa shape index (κ3) is 3.18. The van der Waals surface area contributed by atoms with Crippen LogP contribution in [-0.4, -0.2) is 27.5 Å². The third-order valence-corrected chi connectivity index (χ3v) is 3.11. The molecule has 7 heteroatoms. The summed E-state index contributed by atoms with van der Waals surface area (Å²) in [7, 11) is 0. The molecule has 1 aromatic rings. The van der Waals surface area contributed by atoms with Gasteiger partial charge < -0.3 is 10.6 Å². The fraction of sp³-hybridized carbons (Fsp3) is 0.500. The monoisotopic (exact) mass is 263 g/mol. The Morgan fingerprint density at radius 1 is 1.42 bits per heavy atom. The fourth-order valence-corrected chi connectivity index (χ4v) is 2.22. The maximum Gasteiger partial charge on any atom is 0.353 e. The molecule has 1 fully saturated rings. The van der Waals surface area contributed by atoms with Crippen LogP contribution in [0.2, 0.25) is 0 Å². The van der Waals surface area contributed by atoms with Gasteiger partial charge in [-0.1, -0.05) is 18.9 Å². The van der Waals surface area contributed by atoms with E-state index < -0.39 is 4.92 Å². The number of anilines is 2. The summed E-state index contributed by atoms with van der Waals surface area (Å²) in [5, 5.41) is 17.2. The summed E-state index contributed by atoms with van der Waals surface area (Å²) in [5.74, 6) is 0.513. The number of hydrogen-bond donors (Lipinski definition) is 2. The first-order chi connectivity index (χ1) is 9.22. The molecular weight excluding hydrogens is 246 g/mol. The molecule has 0 aliphatic heterocycles. The van der Waals surface area contributed by atoms with Crippen molar-refractivity contribution in [2.45, 2.75) is 31.7 Å². The maximum atomic E-state index is 11.2. The van der Waals surface area contributed by atoms with Crippen molar-refractivity contribution in [3.63, 3.8) is 0 Å². The smallest absolute Gasteiger partial charge is 0.353 e. The Labute approximate surface area is 111 Å². The zero-order valence-electron chi connectivity index (χ0n) is 10.6. The van der Waals surface area contributed by atoms with E-state index in [1.165, 1.54) is 6.33 Å². The first kappa shape index (κ1) is 13.3. The normalized spacial score (nSPS) is 15.2. The first-order valence-corrected chi connectivity index (χ1v) is 6.33. The average molecular weight is 263 g/mol. The van der Waals surface area contributed by atoms with E-state index in [9.17, 15) is 10.1 Å². The van der Waals surface area contributed by atoms with Crippen LogP contribution < -0.4 is 10.6 Å². The Hall–Kier alpha value is -2.18. The van der Waals surface area contributed by atoms with Crippen molar-refractivity contribution in [2.24, 2.45) is 0 Å². The van der Waals surface area contributed by atoms with E-state index in [-0.39, 0.29) is 17.5 Å². The van der Waals surface area contributed by atoms with Crippen LogP contribution in [-0.2, 0) is 0 Å². The largest absolute Gasteiger partial charge is 0.361 e. The lowest BCUT2D eigenvalue weighted by Crippen LogP contribution is -2.18. The van der Waals surface area contributed by atoms with E-state index in [0.29, 0.717) is 12.4 Å². The van der Waals surface area contributed by atoms with E-state index in [2.05, 4.69) is 27.2 Å². The highest BCUT2D eigenvalue weighted by molar-refractivity contribution is 5.69. The van der Waals surface area contributed by atoms with Crippen LogP contribution in [0.3, 0.4) is 0 Å². The minimum Gasteiger partial charge on any atom is -0.361 e. The lowest BCUT2D eigenvalue weighted by atomic mass is 10.2. The van der Waals surface area contributed by atoms with Gasteiger partial charge in [0, 0.05) is 12.6 Å². The summed E-state index contributed by atoms with van der Waals surface area (Å²) in [5.41, 5.74) is -0.101. The molecule has 0 amide bonds. The van der Waals surface area contributed by atoms with Gasteiger partial charge in [0.2, 0.25) is 11.6 Å². The fourth-order valence-electron chi connectivity index (χ4n) is 2.22. The van der Waals surface area contributed by atoms with Crippen molar-refractivity contribution in [3.05, 3.63) is 29.1 Å². The lowest BCUT2D eigenvalue weighted by molar-refractivity contribution is -0.383. The standard InChI is InChI=1S/C12H17N5O2/c1-2-7-13-11-10(17(18)19)12(15-8-14-11)16-9-5-3-4-6-9/h2,8-9H,1,3-7H2,(H2,13,14,15,16). The molecule has 2 N–H and O–H groups in total. The van der Waals surface area contributed by atoms with Crippen molar-refractivity contribution in [2.75, 3.05) is 17.2 Å². The van der Waals surface area contributed by atoms with Gasteiger partial charge in [-0.05, 0) is 12.8 Å².